The zero-order chi connectivity index (χ0) is 24.4. The van der Waals surface area contributed by atoms with Crippen molar-refractivity contribution in [3.63, 3.8) is 0 Å². The third-order valence-electron chi connectivity index (χ3n) is 5.50. The van der Waals surface area contributed by atoms with Crippen LogP contribution in [0.25, 0.3) is 0 Å². The van der Waals surface area contributed by atoms with Crippen molar-refractivity contribution in [2.45, 2.75) is 19.3 Å². The number of nitriles is 1. The second-order valence-electron chi connectivity index (χ2n) is 7.53. The standard InChI is InChI=1S/C25H18ClN3O5/c1-2-14-3-5-15(6-4-14)23-18-9-8-17(12-22(18)34-24(28)20(23)13-27)33-25(30)19-11-16(29(31)32)7-10-21(19)26/h3-12,23H,2,28H2,1H3. The number of hydrogen-bond acceptors (Lipinski definition) is 7. The van der Waals surface area contributed by atoms with Gasteiger partial charge >= 0.3 is 5.97 Å². The summed E-state index contributed by atoms with van der Waals surface area (Å²) in [6.45, 7) is 2.06. The first-order valence-electron chi connectivity index (χ1n) is 10.3. The Morgan fingerprint density at radius 1 is 1.21 bits per heavy atom. The van der Waals surface area contributed by atoms with Crippen molar-refractivity contribution in [2.75, 3.05) is 0 Å². The summed E-state index contributed by atoms with van der Waals surface area (Å²) in [6, 6.07) is 18.2. The van der Waals surface area contributed by atoms with E-state index in [4.69, 9.17) is 26.8 Å². The predicted octanol–water partition coefficient (Wildman–Crippen LogP) is 5.25. The molecule has 0 spiro atoms. The number of fused-ring (bicyclic) bond motifs is 1. The van der Waals surface area contributed by atoms with Gasteiger partial charge in [0.1, 0.15) is 23.1 Å². The van der Waals surface area contributed by atoms with Crippen LogP contribution in [-0.2, 0) is 6.42 Å². The van der Waals surface area contributed by atoms with Crippen LogP contribution in [0.2, 0.25) is 5.02 Å². The number of allylic oxidation sites excluding steroid dienone is 1. The number of nitrogens with zero attached hydrogens (tertiary/aromatic N) is 2. The van der Waals surface area contributed by atoms with Crippen LogP contribution in [0, 0.1) is 21.4 Å². The van der Waals surface area contributed by atoms with Crippen LogP contribution >= 0.6 is 11.6 Å². The Labute approximate surface area is 199 Å². The SMILES string of the molecule is CCc1ccc(C2C(C#N)=C(N)Oc3cc(OC(=O)c4cc([N+](=O)[O-])ccc4Cl)ccc32)cc1. The molecule has 4 rings (SSSR count). The monoisotopic (exact) mass is 475 g/mol. The molecule has 2 N–H and O–H groups in total. The molecular weight excluding hydrogens is 458 g/mol. The van der Waals surface area contributed by atoms with Crippen molar-refractivity contribution < 1.29 is 19.2 Å². The molecule has 34 heavy (non-hydrogen) atoms. The molecule has 0 saturated carbocycles. The van der Waals surface area contributed by atoms with Crippen molar-refractivity contribution in [2.24, 2.45) is 5.73 Å². The van der Waals surface area contributed by atoms with Gasteiger partial charge in [0.15, 0.2) is 0 Å². The third kappa shape index (κ3) is 4.29. The highest BCUT2D eigenvalue weighted by Crippen LogP contribution is 2.43. The van der Waals surface area contributed by atoms with Gasteiger partial charge in [-0.2, -0.15) is 5.26 Å². The first-order valence-corrected chi connectivity index (χ1v) is 10.7. The van der Waals surface area contributed by atoms with Crippen LogP contribution in [0.4, 0.5) is 5.69 Å². The van der Waals surface area contributed by atoms with E-state index in [1.54, 1.807) is 12.1 Å². The molecule has 1 atom stereocenters. The number of ether oxygens (including phenoxy) is 2. The topological polar surface area (TPSA) is 128 Å². The molecule has 0 radical (unpaired) electrons. The largest absolute Gasteiger partial charge is 0.440 e. The van der Waals surface area contributed by atoms with Crippen molar-refractivity contribution in [3.05, 3.63) is 110 Å². The Morgan fingerprint density at radius 3 is 2.59 bits per heavy atom. The lowest BCUT2D eigenvalue weighted by molar-refractivity contribution is -0.384. The predicted molar refractivity (Wildman–Crippen MR) is 125 cm³/mol. The fraction of sp³-hybridized carbons (Fsp3) is 0.120. The molecule has 1 aliphatic rings. The van der Waals surface area contributed by atoms with E-state index in [0.29, 0.717) is 11.3 Å². The van der Waals surface area contributed by atoms with Crippen molar-refractivity contribution >= 4 is 23.3 Å². The van der Waals surface area contributed by atoms with Gasteiger partial charge in [-0.15, -0.1) is 0 Å². The molecule has 1 aliphatic heterocycles. The molecular formula is C25H18ClN3O5. The van der Waals surface area contributed by atoms with E-state index < -0.39 is 16.8 Å². The van der Waals surface area contributed by atoms with E-state index in [1.165, 1.54) is 18.2 Å². The summed E-state index contributed by atoms with van der Waals surface area (Å²) in [5.41, 5.74) is 8.61. The number of esters is 1. The van der Waals surface area contributed by atoms with Crippen molar-refractivity contribution in [1.29, 1.82) is 5.26 Å². The average molecular weight is 476 g/mol. The van der Waals surface area contributed by atoms with Gasteiger partial charge in [-0.05, 0) is 29.7 Å². The average Bonchev–Trinajstić information content (AvgIpc) is 2.83. The number of rotatable bonds is 5. The maximum absolute atomic E-state index is 12.6. The first kappa shape index (κ1) is 22.8. The van der Waals surface area contributed by atoms with E-state index >= 15 is 0 Å². The molecule has 0 amide bonds. The number of carbonyl (C=O) groups is 1. The Morgan fingerprint density at radius 2 is 1.94 bits per heavy atom. The molecule has 8 nitrogen and oxygen atoms in total. The fourth-order valence-electron chi connectivity index (χ4n) is 3.73. The minimum atomic E-state index is -0.864. The van der Waals surface area contributed by atoms with Crippen LogP contribution < -0.4 is 15.2 Å². The summed E-state index contributed by atoms with van der Waals surface area (Å²) in [6.07, 6.45) is 0.886. The molecule has 9 heteroatoms. The van der Waals surface area contributed by atoms with Crippen molar-refractivity contribution in [3.8, 4) is 17.6 Å². The minimum absolute atomic E-state index is 0.0197. The zero-order valence-corrected chi connectivity index (χ0v) is 18.7. The first-order chi connectivity index (χ1) is 16.3. The fourth-order valence-corrected chi connectivity index (χ4v) is 3.93. The molecule has 0 bridgehead atoms. The van der Waals surface area contributed by atoms with Gasteiger partial charge in [-0.25, -0.2) is 4.79 Å². The molecule has 0 fully saturated rings. The molecule has 1 heterocycles. The van der Waals surface area contributed by atoms with Gasteiger partial charge in [-0.1, -0.05) is 48.9 Å². The van der Waals surface area contributed by atoms with Crippen LogP contribution in [0.1, 0.15) is 39.9 Å². The molecule has 0 aromatic heterocycles. The van der Waals surface area contributed by atoms with Gasteiger partial charge in [0.2, 0.25) is 5.88 Å². The molecule has 1 unspecified atom stereocenters. The lowest BCUT2D eigenvalue weighted by atomic mass is 9.83. The van der Waals surface area contributed by atoms with Gasteiger partial charge in [0.05, 0.1) is 21.4 Å². The smallest absolute Gasteiger partial charge is 0.345 e. The second-order valence-corrected chi connectivity index (χ2v) is 7.94. The molecule has 0 saturated heterocycles. The normalized spacial score (nSPS) is 14.6. The maximum Gasteiger partial charge on any atom is 0.345 e. The van der Waals surface area contributed by atoms with Crippen LogP contribution in [0.5, 0.6) is 11.5 Å². The number of halogens is 1. The van der Waals surface area contributed by atoms with E-state index in [2.05, 4.69) is 13.0 Å². The highest BCUT2D eigenvalue weighted by Gasteiger charge is 2.31. The summed E-state index contributed by atoms with van der Waals surface area (Å²) in [7, 11) is 0. The number of aryl methyl sites for hydroxylation is 1. The Hall–Kier alpha value is -4.35. The summed E-state index contributed by atoms with van der Waals surface area (Å²) in [5.74, 6) is -0.895. The van der Waals surface area contributed by atoms with Crippen LogP contribution in [0.15, 0.2) is 72.1 Å². The Kier molecular flexibility index (Phi) is 6.21. The Bertz CT molecular complexity index is 1380. The van der Waals surface area contributed by atoms with Gasteiger partial charge in [0.25, 0.3) is 5.69 Å². The summed E-state index contributed by atoms with van der Waals surface area (Å²) in [5, 5.41) is 20.8. The van der Waals surface area contributed by atoms with E-state index in [0.717, 1.165) is 23.6 Å². The number of non-ortho nitro benzene ring substituents is 1. The number of nitro benzene ring substituents is 1. The number of nitro groups is 1. The van der Waals surface area contributed by atoms with Gasteiger partial charge in [0, 0.05) is 23.8 Å². The summed E-state index contributed by atoms with van der Waals surface area (Å²) >= 11 is 6.04. The van der Waals surface area contributed by atoms with Crippen LogP contribution in [0.3, 0.4) is 0 Å². The molecule has 3 aromatic rings. The molecule has 170 valence electrons. The lowest BCUT2D eigenvalue weighted by Gasteiger charge is -2.26. The quantitative estimate of drug-likeness (QED) is 0.231. The third-order valence-corrected chi connectivity index (χ3v) is 5.83. The van der Waals surface area contributed by atoms with E-state index in [-0.39, 0.29) is 33.5 Å². The highest BCUT2D eigenvalue weighted by molar-refractivity contribution is 6.33. The van der Waals surface area contributed by atoms with Crippen molar-refractivity contribution in [1.82, 2.24) is 0 Å². The highest BCUT2D eigenvalue weighted by atomic mass is 35.5. The maximum atomic E-state index is 12.6. The Balaban J connectivity index is 1.68. The number of nitrogens with two attached hydrogens (primary N) is 1. The summed E-state index contributed by atoms with van der Waals surface area (Å²) in [4.78, 5) is 23.0. The number of carbonyl (C=O) groups excluding carboxylic acids is 1. The van der Waals surface area contributed by atoms with Gasteiger partial charge < -0.3 is 15.2 Å². The van der Waals surface area contributed by atoms with E-state index in [1.807, 2.05) is 24.3 Å². The summed E-state index contributed by atoms with van der Waals surface area (Å²) < 4.78 is 11.1. The number of hydrogen-bond donors (Lipinski definition) is 1. The minimum Gasteiger partial charge on any atom is -0.440 e. The lowest BCUT2D eigenvalue weighted by Crippen LogP contribution is -2.21. The molecule has 0 aliphatic carbocycles. The number of benzene rings is 3. The van der Waals surface area contributed by atoms with Crippen LogP contribution in [-0.4, -0.2) is 10.9 Å². The second kappa shape index (κ2) is 9.25. The van der Waals surface area contributed by atoms with Gasteiger partial charge in [-0.3, -0.25) is 10.1 Å². The van der Waals surface area contributed by atoms with E-state index in [9.17, 15) is 20.2 Å². The zero-order valence-electron chi connectivity index (χ0n) is 17.9. The molecule has 3 aromatic carbocycles.